The fraction of sp³-hybridized carbons (Fsp3) is 0.867. The maximum Gasteiger partial charge on any atom is 0.353 e. The number of oxime groups is 1. The first-order valence-corrected chi connectivity index (χ1v) is 7.27. The van der Waals surface area contributed by atoms with Crippen molar-refractivity contribution in [3.8, 4) is 0 Å². The lowest BCUT2D eigenvalue weighted by Gasteiger charge is -2.34. The van der Waals surface area contributed by atoms with Gasteiger partial charge in [0.05, 0.1) is 18.7 Å². The summed E-state index contributed by atoms with van der Waals surface area (Å²) in [6.45, 7) is 6.38. The Kier molecular flexibility index (Phi) is 3.88. The van der Waals surface area contributed by atoms with Gasteiger partial charge < -0.3 is 9.57 Å². The van der Waals surface area contributed by atoms with Gasteiger partial charge in [-0.1, -0.05) is 45.2 Å². The van der Waals surface area contributed by atoms with Crippen molar-refractivity contribution in [3.05, 3.63) is 0 Å². The minimum atomic E-state index is -0.863. The average molecular weight is 267 g/mol. The fourth-order valence-corrected chi connectivity index (χ4v) is 3.27. The lowest BCUT2D eigenvalue weighted by Crippen LogP contribution is -2.49. The molecule has 4 heteroatoms. The molecule has 0 spiro atoms. The van der Waals surface area contributed by atoms with Gasteiger partial charge in [-0.2, -0.15) is 0 Å². The van der Waals surface area contributed by atoms with Gasteiger partial charge in [-0.15, -0.1) is 0 Å². The Labute approximate surface area is 115 Å². The summed E-state index contributed by atoms with van der Waals surface area (Å²) in [5.41, 5.74) is 0.0806. The van der Waals surface area contributed by atoms with Crippen molar-refractivity contribution < 1.29 is 14.4 Å². The number of hydrogen-bond acceptors (Lipinski definition) is 4. The lowest BCUT2D eigenvalue weighted by atomic mass is 9.70. The Balaban J connectivity index is 2.35. The summed E-state index contributed by atoms with van der Waals surface area (Å²) >= 11 is 0. The predicted molar refractivity (Wildman–Crippen MR) is 73.9 cm³/mol. The Bertz CT molecular complexity index is 383. The molecule has 0 aromatic heterocycles. The van der Waals surface area contributed by atoms with E-state index >= 15 is 0 Å². The highest BCUT2D eigenvalue weighted by molar-refractivity contribution is 5.98. The molecule has 0 aromatic carbocycles. The molecule has 1 saturated carbocycles. The molecule has 1 aliphatic carbocycles. The first kappa shape index (κ1) is 14.4. The zero-order chi connectivity index (χ0) is 14.1. The molecule has 0 bridgehead atoms. The zero-order valence-corrected chi connectivity index (χ0v) is 12.5. The molecule has 1 heterocycles. The summed E-state index contributed by atoms with van der Waals surface area (Å²) in [4.78, 5) is 18.0. The topological polar surface area (TPSA) is 47.9 Å². The Morgan fingerprint density at radius 1 is 1.32 bits per heavy atom. The van der Waals surface area contributed by atoms with Crippen molar-refractivity contribution in [1.82, 2.24) is 0 Å². The van der Waals surface area contributed by atoms with Gasteiger partial charge in [0.1, 0.15) is 0 Å². The van der Waals surface area contributed by atoms with Crippen molar-refractivity contribution in [1.29, 1.82) is 0 Å². The first-order valence-electron chi connectivity index (χ1n) is 7.27. The number of esters is 1. The Hall–Kier alpha value is -1.06. The van der Waals surface area contributed by atoms with E-state index in [-0.39, 0.29) is 17.3 Å². The molecule has 0 radical (unpaired) electrons. The third-order valence-corrected chi connectivity index (χ3v) is 4.29. The molecule has 0 amide bonds. The highest BCUT2D eigenvalue weighted by atomic mass is 16.7. The van der Waals surface area contributed by atoms with E-state index in [4.69, 9.17) is 9.57 Å². The quantitative estimate of drug-likeness (QED) is 0.685. The molecule has 4 nitrogen and oxygen atoms in total. The molecular weight excluding hydrogens is 242 g/mol. The SMILES string of the molecule is COC(=O)C12CCCCCCC1C(C(C)(C)C)=NO2. The minimum Gasteiger partial charge on any atom is -0.466 e. The standard InChI is InChI=1S/C15H25NO3/c1-14(2,3)12-11-9-7-5-6-8-10-15(11,19-16-12)13(17)18-4/h11H,5-10H2,1-4H3. The smallest absolute Gasteiger partial charge is 0.353 e. The molecule has 2 atom stereocenters. The third-order valence-electron chi connectivity index (χ3n) is 4.29. The molecule has 19 heavy (non-hydrogen) atoms. The second kappa shape index (κ2) is 5.14. The summed E-state index contributed by atoms with van der Waals surface area (Å²) in [6, 6.07) is 0. The van der Waals surface area contributed by atoms with E-state index in [0.717, 1.165) is 31.4 Å². The van der Waals surface area contributed by atoms with Crippen LogP contribution in [0.15, 0.2) is 5.16 Å². The van der Waals surface area contributed by atoms with Crippen molar-refractivity contribution >= 4 is 11.7 Å². The van der Waals surface area contributed by atoms with Crippen LogP contribution in [-0.2, 0) is 14.4 Å². The van der Waals surface area contributed by atoms with Gasteiger partial charge in [0.25, 0.3) is 0 Å². The fourth-order valence-electron chi connectivity index (χ4n) is 3.27. The van der Waals surface area contributed by atoms with E-state index in [0.29, 0.717) is 6.42 Å². The summed E-state index contributed by atoms with van der Waals surface area (Å²) in [7, 11) is 1.44. The maximum absolute atomic E-state index is 12.3. The lowest BCUT2D eigenvalue weighted by molar-refractivity contribution is -0.173. The second-order valence-corrected chi connectivity index (χ2v) is 6.70. The van der Waals surface area contributed by atoms with Crippen LogP contribution < -0.4 is 0 Å². The van der Waals surface area contributed by atoms with Gasteiger partial charge in [-0.05, 0) is 12.8 Å². The molecule has 2 unspecified atom stereocenters. The number of fused-ring (bicyclic) bond motifs is 1. The van der Waals surface area contributed by atoms with Crippen molar-refractivity contribution in [3.63, 3.8) is 0 Å². The maximum atomic E-state index is 12.3. The molecule has 2 rings (SSSR count). The average Bonchev–Trinajstić information content (AvgIpc) is 2.67. The van der Waals surface area contributed by atoms with Gasteiger partial charge in [0.15, 0.2) is 0 Å². The number of carbonyl (C=O) groups is 1. The van der Waals surface area contributed by atoms with Gasteiger partial charge in [0.2, 0.25) is 5.60 Å². The predicted octanol–water partition coefficient (Wildman–Crippen LogP) is 3.30. The molecule has 2 aliphatic rings. The van der Waals surface area contributed by atoms with Gasteiger partial charge in [-0.3, -0.25) is 0 Å². The highest BCUT2D eigenvalue weighted by Crippen LogP contribution is 2.44. The molecule has 0 aromatic rings. The largest absolute Gasteiger partial charge is 0.466 e. The van der Waals surface area contributed by atoms with Crippen LogP contribution in [0.4, 0.5) is 0 Å². The van der Waals surface area contributed by atoms with Crippen LogP contribution in [0.1, 0.15) is 59.3 Å². The number of carbonyl (C=O) groups excluding carboxylic acids is 1. The van der Waals surface area contributed by atoms with Crippen molar-refractivity contribution in [2.24, 2.45) is 16.5 Å². The van der Waals surface area contributed by atoms with Crippen LogP contribution >= 0.6 is 0 Å². The number of nitrogens with zero attached hydrogens (tertiary/aromatic N) is 1. The van der Waals surface area contributed by atoms with Crippen LogP contribution in [0, 0.1) is 11.3 Å². The van der Waals surface area contributed by atoms with Crippen LogP contribution in [0.2, 0.25) is 0 Å². The Morgan fingerprint density at radius 3 is 2.63 bits per heavy atom. The third kappa shape index (κ3) is 2.49. The first-order chi connectivity index (χ1) is 8.92. The van der Waals surface area contributed by atoms with E-state index in [2.05, 4.69) is 25.9 Å². The van der Waals surface area contributed by atoms with E-state index in [1.807, 2.05) is 0 Å². The van der Waals surface area contributed by atoms with Crippen molar-refractivity contribution in [2.45, 2.75) is 64.9 Å². The summed E-state index contributed by atoms with van der Waals surface area (Å²) in [5.74, 6) is -0.192. The van der Waals surface area contributed by atoms with Gasteiger partial charge in [0, 0.05) is 11.8 Å². The van der Waals surface area contributed by atoms with E-state index in [1.54, 1.807) is 0 Å². The zero-order valence-electron chi connectivity index (χ0n) is 12.5. The van der Waals surface area contributed by atoms with Crippen LogP contribution in [0.5, 0.6) is 0 Å². The number of methoxy groups -OCH3 is 1. The van der Waals surface area contributed by atoms with Crippen LogP contribution in [-0.4, -0.2) is 24.4 Å². The second-order valence-electron chi connectivity index (χ2n) is 6.70. The van der Waals surface area contributed by atoms with Crippen LogP contribution in [0.3, 0.4) is 0 Å². The molecule has 1 aliphatic heterocycles. The summed E-state index contributed by atoms with van der Waals surface area (Å²) in [5, 5.41) is 4.29. The van der Waals surface area contributed by atoms with Gasteiger partial charge in [-0.25, -0.2) is 4.79 Å². The van der Waals surface area contributed by atoms with E-state index in [9.17, 15) is 4.79 Å². The van der Waals surface area contributed by atoms with Gasteiger partial charge >= 0.3 is 5.97 Å². The monoisotopic (exact) mass is 267 g/mol. The Morgan fingerprint density at radius 2 is 2.00 bits per heavy atom. The summed E-state index contributed by atoms with van der Waals surface area (Å²) < 4.78 is 5.01. The highest BCUT2D eigenvalue weighted by Gasteiger charge is 2.57. The van der Waals surface area contributed by atoms with Crippen molar-refractivity contribution in [2.75, 3.05) is 7.11 Å². The molecule has 108 valence electrons. The molecule has 0 N–H and O–H groups in total. The molecular formula is C15H25NO3. The molecule has 1 fully saturated rings. The number of hydrogen-bond donors (Lipinski definition) is 0. The summed E-state index contributed by atoms with van der Waals surface area (Å²) in [6.07, 6.45) is 6.18. The number of rotatable bonds is 1. The molecule has 0 saturated heterocycles. The van der Waals surface area contributed by atoms with Crippen LogP contribution in [0.25, 0.3) is 0 Å². The minimum absolute atomic E-state index is 0.0697. The van der Waals surface area contributed by atoms with E-state index < -0.39 is 5.60 Å². The number of ether oxygens (including phenoxy) is 1. The van der Waals surface area contributed by atoms with E-state index in [1.165, 1.54) is 13.5 Å². The normalized spacial score (nSPS) is 31.6.